The molecule has 7 nitrogen and oxygen atoms in total. The quantitative estimate of drug-likeness (QED) is 0.736. The first-order valence-corrected chi connectivity index (χ1v) is 8.14. The molecular weight excluding hydrogens is 333 g/mol. The van der Waals surface area contributed by atoms with E-state index in [1.165, 1.54) is 30.0 Å². The lowest BCUT2D eigenvalue weighted by atomic mass is 10.3. The van der Waals surface area contributed by atoms with Gasteiger partial charge in [-0.2, -0.15) is 0 Å². The van der Waals surface area contributed by atoms with Crippen LogP contribution in [-0.4, -0.2) is 31.8 Å². The average Bonchev–Trinajstić information content (AvgIpc) is 2.85. The molecule has 128 valence electrons. The van der Waals surface area contributed by atoms with Crippen molar-refractivity contribution in [1.29, 1.82) is 0 Å². The minimum absolute atomic E-state index is 0.187. The molecule has 0 radical (unpaired) electrons. The van der Waals surface area contributed by atoms with Gasteiger partial charge in [-0.15, -0.1) is 10.2 Å². The van der Waals surface area contributed by atoms with Crippen molar-refractivity contribution in [2.75, 3.05) is 5.32 Å². The lowest BCUT2D eigenvalue weighted by Crippen LogP contribution is -2.23. The molecule has 3 N–H and O–H groups in total. The molecule has 0 bridgehead atoms. The second-order valence-electron chi connectivity index (χ2n) is 5.18. The van der Waals surface area contributed by atoms with E-state index in [4.69, 9.17) is 5.73 Å². The lowest BCUT2D eigenvalue weighted by Gasteiger charge is -2.11. The Labute approximate surface area is 142 Å². The number of aromatic nitrogens is 3. The SMILES string of the molecule is C[C@@H](Sc1nnc(CCC(N)=O)n1C)C(=O)Nc1cccc(F)c1. The van der Waals surface area contributed by atoms with Crippen molar-refractivity contribution in [3.8, 4) is 0 Å². The number of carbonyl (C=O) groups excluding carboxylic acids is 2. The van der Waals surface area contributed by atoms with Gasteiger partial charge in [-0.3, -0.25) is 9.59 Å². The van der Waals surface area contributed by atoms with E-state index in [9.17, 15) is 14.0 Å². The number of amides is 2. The molecule has 2 amide bonds. The smallest absolute Gasteiger partial charge is 0.237 e. The zero-order valence-electron chi connectivity index (χ0n) is 13.3. The highest BCUT2D eigenvalue weighted by atomic mass is 32.2. The fourth-order valence-corrected chi connectivity index (χ4v) is 2.76. The van der Waals surface area contributed by atoms with Crippen LogP contribution < -0.4 is 11.1 Å². The molecule has 1 aromatic carbocycles. The summed E-state index contributed by atoms with van der Waals surface area (Å²) in [5, 5.41) is 10.8. The number of nitrogens with zero attached hydrogens (tertiary/aromatic N) is 3. The van der Waals surface area contributed by atoms with Crippen LogP contribution in [0.1, 0.15) is 19.2 Å². The molecule has 9 heteroatoms. The van der Waals surface area contributed by atoms with Gasteiger partial charge in [0.25, 0.3) is 0 Å². The molecule has 0 aliphatic rings. The molecule has 0 unspecified atom stereocenters. The maximum absolute atomic E-state index is 13.1. The Hall–Kier alpha value is -2.42. The summed E-state index contributed by atoms with van der Waals surface area (Å²) in [6, 6.07) is 5.69. The van der Waals surface area contributed by atoms with Crippen molar-refractivity contribution in [3.05, 3.63) is 35.9 Å². The van der Waals surface area contributed by atoms with Crippen molar-refractivity contribution in [3.63, 3.8) is 0 Å². The molecule has 2 aromatic rings. The Morgan fingerprint density at radius 1 is 1.42 bits per heavy atom. The van der Waals surface area contributed by atoms with Crippen LogP contribution in [0, 0.1) is 5.82 Å². The number of carbonyl (C=O) groups is 2. The summed E-state index contributed by atoms with van der Waals surface area (Å²) >= 11 is 1.22. The van der Waals surface area contributed by atoms with E-state index >= 15 is 0 Å². The molecule has 24 heavy (non-hydrogen) atoms. The maximum atomic E-state index is 13.1. The normalized spacial score (nSPS) is 12.0. The molecule has 0 saturated heterocycles. The predicted molar refractivity (Wildman–Crippen MR) is 88.9 cm³/mol. The summed E-state index contributed by atoms with van der Waals surface area (Å²) in [5.74, 6) is -0.475. The number of benzene rings is 1. The summed E-state index contributed by atoms with van der Waals surface area (Å²) < 4.78 is 14.9. The van der Waals surface area contributed by atoms with Gasteiger partial charge in [-0.1, -0.05) is 17.8 Å². The fraction of sp³-hybridized carbons (Fsp3) is 0.333. The molecule has 1 aromatic heterocycles. The van der Waals surface area contributed by atoms with Crippen LogP contribution in [0.5, 0.6) is 0 Å². The van der Waals surface area contributed by atoms with Gasteiger partial charge in [0, 0.05) is 25.6 Å². The molecule has 1 atom stereocenters. The molecular formula is C15H18FN5O2S. The summed E-state index contributed by atoms with van der Waals surface area (Å²) in [5.41, 5.74) is 5.52. The Bertz CT molecular complexity index is 749. The summed E-state index contributed by atoms with van der Waals surface area (Å²) in [6.07, 6.45) is 0.579. The first-order valence-electron chi connectivity index (χ1n) is 7.26. The van der Waals surface area contributed by atoms with Crippen molar-refractivity contribution >= 4 is 29.3 Å². The Morgan fingerprint density at radius 2 is 2.17 bits per heavy atom. The molecule has 1 heterocycles. The Kier molecular flexibility index (Phi) is 5.91. The third-order valence-corrected chi connectivity index (χ3v) is 4.40. The number of nitrogens with one attached hydrogen (secondary N) is 1. The predicted octanol–water partition coefficient (Wildman–Crippen LogP) is 1.49. The van der Waals surface area contributed by atoms with E-state index in [0.717, 1.165) is 0 Å². The van der Waals surface area contributed by atoms with E-state index in [1.807, 2.05) is 0 Å². The highest BCUT2D eigenvalue weighted by Crippen LogP contribution is 2.23. The van der Waals surface area contributed by atoms with E-state index in [-0.39, 0.29) is 12.3 Å². The van der Waals surface area contributed by atoms with Crippen LogP contribution in [0.15, 0.2) is 29.4 Å². The minimum atomic E-state index is -0.458. The zero-order chi connectivity index (χ0) is 17.7. The number of primary amides is 1. The van der Waals surface area contributed by atoms with Crippen LogP contribution >= 0.6 is 11.8 Å². The zero-order valence-corrected chi connectivity index (χ0v) is 14.1. The average molecular weight is 351 g/mol. The third-order valence-electron chi connectivity index (χ3n) is 3.26. The van der Waals surface area contributed by atoms with Crippen LogP contribution in [0.25, 0.3) is 0 Å². The van der Waals surface area contributed by atoms with Gasteiger partial charge in [-0.05, 0) is 25.1 Å². The van der Waals surface area contributed by atoms with Gasteiger partial charge < -0.3 is 15.6 Å². The third kappa shape index (κ3) is 4.79. The van der Waals surface area contributed by atoms with Crippen LogP contribution in [0.4, 0.5) is 10.1 Å². The highest BCUT2D eigenvalue weighted by Gasteiger charge is 2.19. The Balaban J connectivity index is 1.97. The van der Waals surface area contributed by atoms with Crippen molar-refractivity contribution < 1.29 is 14.0 Å². The number of anilines is 1. The number of thioether (sulfide) groups is 1. The largest absolute Gasteiger partial charge is 0.370 e. The minimum Gasteiger partial charge on any atom is -0.370 e. The second kappa shape index (κ2) is 7.91. The van der Waals surface area contributed by atoms with Crippen molar-refractivity contribution in [1.82, 2.24) is 14.8 Å². The molecule has 0 fully saturated rings. The maximum Gasteiger partial charge on any atom is 0.237 e. The van der Waals surface area contributed by atoms with Crippen molar-refractivity contribution in [2.24, 2.45) is 12.8 Å². The van der Waals surface area contributed by atoms with Gasteiger partial charge in [0.05, 0.1) is 5.25 Å². The van der Waals surface area contributed by atoms with E-state index in [2.05, 4.69) is 15.5 Å². The number of halogens is 1. The number of rotatable bonds is 7. The van der Waals surface area contributed by atoms with Gasteiger partial charge in [-0.25, -0.2) is 4.39 Å². The topological polar surface area (TPSA) is 103 Å². The first kappa shape index (κ1) is 17.9. The summed E-state index contributed by atoms with van der Waals surface area (Å²) in [6.45, 7) is 1.72. The highest BCUT2D eigenvalue weighted by molar-refractivity contribution is 8.00. The molecule has 0 aliphatic carbocycles. The second-order valence-corrected chi connectivity index (χ2v) is 6.49. The van der Waals surface area contributed by atoms with Gasteiger partial charge >= 0.3 is 0 Å². The first-order chi connectivity index (χ1) is 11.4. The monoisotopic (exact) mass is 351 g/mol. The van der Waals surface area contributed by atoms with Gasteiger partial charge in [0.1, 0.15) is 11.6 Å². The van der Waals surface area contributed by atoms with Crippen LogP contribution in [0.2, 0.25) is 0 Å². The molecule has 2 rings (SSSR count). The van der Waals surface area contributed by atoms with E-state index in [1.54, 1.807) is 24.6 Å². The Morgan fingerprint density at radius 3 is 2.83 bits per heavy atom. The van der Waals surface area contributed by atoms with Gasteiger partial charge in [0.2, 0.25) is 11.8 Å². The van der Waals surface area contributed by atoms with Gasteiger partial charge in [0.15, 0.2) is 5.16 Å². The molecule has 0 aliphatic heterocycles. The molecule has 0 spiro atoms. The summed E-state index contributed by atoms with van der Waals surface area (Å²) in [4.78, 5) is 23.0. The van der Waals surface area contributed by atoms with Crippen molar-refractivity contribution in [2.45, 2.75) is 30.2 Å². The fourth-order valence-electron chi connectivity index (χ4n) is 1.92. The van der Waals surface area contributed by atoms with Crippen LogP contribution in [0.3, 0.4) is 0 Å². The van der Waals surface area contributed by atoms with E-state index < -0.39 is 17.0 Å². The molecule has 0 saturated carbocycles. The van der Waals surface area contributed by atoms with Crippen LogP contribution in [-0.2, 0) is 23.1 Å². The number of aryl methyl sites for hydroxylation is 1. The standard InChI is InChI=1S/C15H18FN5O2S/c1-9(14(23)18-11-5-3-4-10(16)8-11)24-15-20-19-13(21(15)2)7-6-12(17)22/h3-5,8-9H,6-7H2,1-2H3,(H2,17,22)(H,18,23)/t9-/m1/s1. The number of hydrogen-bond acceptors (Lipinski definition) is 5. The summed E-state index contributed by atoms with van der Waals surface area (Å²) in [7, 11) is 1.76. The number of hydrogen-bond donors (Lipinski definition) is 2. The lowest BCUT2D eigenvalue weighted by molar-refractivity contribution is -0.118. The van der Waals surface area contributed by atoms with E-state index in [0.29, 0.717) is 23.1 Å². The number of nitrogens with two attached hydrogens (primary N) is 1.